The number of pyridine rings is 1. The predicted octanol–water partition coefficient (Wildman–Crippen LogP) is 3.40. The van der Waals surface area contributed by atoms with Crippen molar-refractivity contribution in [1.29, 1.82) is 0 Å². The summed E-state index contributed by atoms with van der Waals surface area (Å²) < 4.78 is 39.2. The monoisotopic (exact) mass is 308 g/mol. The first kappa shape index (κ1) is 14.7. The summed E-state index contributed by atoms with van der Waals surface area (Å²) in [5, 5.41) is 0. The molecule has 0 bridgehead atoms. The maximum atomic E-state index is 13.1. The number of alkyl halides is 3. The molecule has 0 N–H and O–H groups in total. The van der Waals surface area contributed by atoms with Crippen molar-refractivity contribution >= 4 is 5.82 Å². The van der Waals surface area contributed by atoms with Gasteiger partial charge in [-0.25, -0.2) is 9.97 Å². The molecule has 0 amide bonds. The summed E-state index contributed by atoms with van der Waals surface area (Å²) in [7, 11) is 1.76. The minimum absolute atomic E-state index is 0.0647. The number of hydrogen-bond acceptors (Lipinski definition) is 4. The Morgan fingerprint density at radius 3 is 2.45 bits per heavy atom. The highest BCUT2D eigenvalue weighted by Gasteiger charge is 2.34. The molecule has 22 heavy (non-hydrogen) atoms. The van der Waals surface area contributed by atoms with Crippen LogP contribution < -0.4 is 4.90 Å². The molecule has 2 aromatic heterocycles. The van der Waals surface area contributed by atoms with Crippen LogP contribution in [0.15, 0.2) is 30.6 Å². The van der Waals surface area contributed by atoms with E-state index in [-0.39, 0.29) is 5.82 Å². The van der Waals surface area contributed by atoms with Gasteiger partial charge in [-0.1, -0.05) is 0 Å². The lowest BCUT2D eigenvalue weighted by molar-refractivity contribution is -0.141. The summed E-state index contributed by atoms with van der Waals surface area (Å²) >= 11 is 0. The third-order valence-corrected chi connectivity index (χ3v) is 3.56. The summed E-state index contributed by atoms with van der Waals surface area (Å²) in [6.45, 7) is 0.712. The standard InChI is InChI=1S/C15H15F3N4/c1-22(9-10-2-3-10)13-8-12(15(16,17)18)20-14(21-13)11-4-6-19-7-5-11/h4-8,10H,2-3,9H2,1H3. The molecule has 0 spiro atoms. The van der Waals surface area contributed by atoms with E-state index in [2.05, 4.69) is 15.0 Å². The average molecular weight is 308 g/mol. The lowest BCUT2D eigenvalue weighted by atomic mass is 10.2. The van der Waals surface area contributed by atoms with E-state index in [0.717, 1.165) is 18.9 Å². The first-order chi connectivity index (χ1) is 10.4. The summed E-state index contributed by atoms with van der Waals surface area (Å²) in [5.41, 5.74) is -0.408. The Morgan fingerprint density at radius 2 is 1.86 bits per heavy atom. The molecule has 2 aromatic rings. The molecule has 0 aliphatic heterocycles. The van der Waals surface area contributed by atoms with Gasteiger partial charge in [0.25, 0.3) is 0 Å². The van der Waals surface area contributed by atoms with Crippen LogP contribution in [0, 0.1) is 5.92 Å². The van der Waals surface area contributed by atoms with Crippen LogP contribution in [0.1, 0.15) is 18.5 Å². The number of aromatic nitrogens is 3. The molecule has 1 aliphatic carbocycles. The second kappa shape index (κ2) is 5.55. The Balaban J connectivity index is 2.01. The van der Waals surface area contributed by atoms with Gasteiger partial charge in [0, 0.05) is 37.6 Å². The highest BCUT2D eigenvalue weighted by molar-refractivity contribution is 5.57. The van der Waals surface area contributed by atoms with E-state index in [1.54, 1.807) is 24.1 Å². The van der Waals surface area contributed by atoms with Gasteiger partial charge < -0.3 is 4.90 Å². The van der Waals surface area contributed by atoms with Gasteiger partial charge in [0.15, 0.2) is 11.5 Å². The van der Waals surface area contributed by atoms with Crippen molar-refractivity contribution in [2.75, 3.05) is 18.5 Å². The largest absolute Gasteiger partial charge is 0.433 e. The highest BCUT2D eigenvalue weighted by Crippen LogP contribution is 2.33. The number of nitrogens with zero attached hydrogens (tertiary/aromatic N) is 4. The van der Waals surface area contributed by atoms with E-state index in [9.17, 15) is 13.2 Å². The molecule has 0 atom stereocenters. The van der Waals surface area contributed by atoms with Crippen LogP contribution >= 0.6 is 0 Å². The number of halogens is 3. The molecule has 4 nitrogen and oxygen atoms in total. The molecule has 7 heteroatoms. The van der Waals surface area contributed by atoms with E-state index in [4.69, 9.17) is 0 Å². The molecule has 0 unspecified atom stereocenters. The van der Waals surface area contributed by atoms with Gasteiger partial charge in [-0.05, 0) is 30.9 Å². The molecule has 1 aliphatic rings. The van der Waals surface area contributed by atoms with Gasteiger partial charge in [-0.3, -0.25) is 4.98 Å². The van der Waals surface area contributed by atoms with Crippen molar-refractivity contribution in [2.24, 2.45) is 5.92 Å². The van der Waals surface area contributed by atoms with Crippen molar-refractivity contribution in [2.45, 2.75) is 19.0 Å². The van der Waals surface area contributed by atoms with Crippen molar-refractivity contribution in [3.05, 3.63) is 36.3 Å². The third kappa shape index (κ3) is 3.35. The van der Waals surface area contributed by atoms with E-state index in [0.29, 0.717) is 23.8 Å². The Hall–Kier alpha value is -2.18. The minimum Gasteiger partial charge on any atom is -0.359 e. The Labute approximate surface area is 126 Å². The first-order valence-corrected chi connectivity index (χ1v) is 7.01. The zero-order chi connectivity index (χ0) is 15.7. The average Bonchev–Trinajstić information content (AvgIpc) is 3.31. The van der Waals surface area contributed by atoms with E-state index < -0.39 is 11.9 Å². The van der Waals surface area contributed by atoms with Gasteiger partial charge in [-0.2, -0.15) is 13.2 Å². The fourth-order valence-electron chi connectivity index (χ4n) is 2.19. The van der Waals surface area contributed by atoms with Crippen molar-refractivity contribution in [3.63, 3.8) is 0 Å². The van der Waals surface area contributed by atoms with Gasteiger partial charge in [-0.15, -0.1) is 0 Å². The molecule has 116 valence electrons. The fraction of sp³-hybridized carbons (Fsp3) is 0.400. The maximum absolute atomic E-state index is 13.1. The maximum Gasteiger partial charge on any atom is 0.433 e. The molecule has 1 saturated carbocycles. The highest BCUT2D eigenvalue weighted by atomic mass is 19.4. The third-order valence-electron chi connectivity index (χ3n) is 3.56. The topological polar surface area (TPSA) is 41.9 Å². The smallest absolute Gasteiger partial charge is 0.359 e. The van der Waals surface area contributed by atoms with Crippen LogP contribution in [-0.4, -0.2) is 28.5 Å². The van der Waals surface area contributed by atoms with Gasteiger partial charge in [0.05, 0.1) is 0 Å². The molecule has 0 radical (unpaired) electrons. The van der Waals surface area contributed by atoms with Crippen LogP contribution in [0.2, 0.25) is 0 Å². The Bertz CT molecular complexity index is 654. The summed E-state index contributed by atoms with van der Waals surface area (Å²) in [5.74, 6) is 0.912. The molecule has 0 aromatic carbocycles. The number of rotatable bonds is 4. The molecular formula is C15H15F3N4. The SMILES string of the molecule is CN(CC1CC1)c1cc(C(F)(F)F)nc(-c2ccncc2)n1. The molecule has 2 heterocycles. The summed E-state index contributed by atoms with van der Waals surface area (Å²) in [6.07, 6.45) is 0.760. The van der Waals surface area contributed by atoms with Crippen molar-refractivity contribution < 1.29 is 13.2 Å². The molecular weight excluding hydrogens is 293 g/mol. The molecule has 0 saturated heterocycles. The van der Waals surface area contributed by atoms with Crippen LogP contribution in [-0.2, 0) is 6.18 Å². The van der Waals surface area contributed by atoms with E-state index in [1.165, 1.54) is 12.4 Å². The van der Waals surface area contributed by atoms with Crippen LogP contribution in [0.5, 0.6) is 0 Å². The minimum atomic E-state index is -4.50. The van der Waals surface area contributed by atoms with Crippen LogP contribution in [0.4, 0.5) is 19.0 Å². The molecule has 1 fully saturated rings. The second-order valence-corrected chi connectivity index (χ2v) is 5.49. The number of hydrogen-bond donors (Lipinski definition) is 0. The fourth-order valence-corrected chi connectivity index (χ4v) is 2.19. The predicted molar refractivity (Wildman–Crippen MR) is 76.3 cm³/mol. The zero-order valence-electron chi connectivity index (χ0n) is 12.0. The second-order valence-electron chi connectivity index (χ2n) is 5.49. The Kier molecular flexibility index (Phi) is 3.72. The lowest BCUT2D eigenvalue weighted by Gasteiger charge is -2.20. The zero-order valence-corrected chi connectivity index (χ0v) is 12.0. The van der Waals surface area contributed by atoms with Gasteiger partial charge >= 0.3 is 6.18 Å². The summed E-state index contributed by atoms with van der Waals surface area (Å²) in [6, 6.07) is 4.20. The molecule has 3 rings (SSSR count). The lowest BCUT2D eigenvalue weighted by Crippen LogP contribution is -2.23. The first-order valence-electron chi connectivity index (χ1n) is 7.01. The Morgan fingerprint density at radius 1 is 1.18 bits per heavy atom. The van der Waals surface area contributed by atoms with Gasteiger partial charge in [0.2, 0.25) is 0 Å². The number of anilines is 1. The normalized spacial score (nSPS) is 14.9. The quantitative estimate of drug-likeness (QED) is 0.868. The van der Waals surface area contributed by atoms with E-state index >= 15 is 0 Å². The van der Waals surface area contributed by atoms with Crippen LogP contribution in [0.25, 0.3) is 11.4 Å². The van der Waals surface area contributed by atoms with Gasteiger partial charge in [0.1, 0.15) is 5.82 Å². The van der Waals surface area contributed by atoms with Crippen molar-refractivity contribution in [3.8, 4) is 11.4 Å². The summed E-state index contributed by atoms with van der Waals surface area (Å²) in [4.78, 5) is 13.6. The van der Waals surface area contributed by atoms with E-state index in [1.807, 2.05) is 0 Å². The van der Waals surface area contributed by atoms with Crippen molar-refractivity contribution in [1.82, 2.24) is 15.0 Å². The van der Waals surface area contributed by atoms with Crippen LogP contribution in [0.3, 0.4) is 0 Å².